The van der Waals surface area contributed by atoms with Crippen molar-refractivity contribution in [2.24, 2.45) is 0 Å². The molecule has 0 unspecified atom stereocenters. The van der Waals surface area contributed by atoms with E-state index in [1.54, 1.807) is 0 Å². The molecule has 11 heavy (non-hydrogen) atoms. The molecule has 0 nitrogen and oxygen atoms in total. The Kier molecular flexibility index (Phi) is 9.51. The summed E-state index contributed by atoms with van der Waals surface area (Å²) in [5, 5.41) is 0. The molecule has 0 fully saturated rings. The smallest absolute Gasteiger partial charge is 0.0351 e. The van der Waals surface area contributed by atoms with E-state index in [0.29, 0.717) is 0 Å². The van der Waals surface area contributed by atoms with E-state index in [1.165, 1.54) is 44.9 Å². The molecule has 0 amide bonds. The largest absolute Gasteiger partial charge is 0.0885 e. The van der Waals surface area contributed by atoms with Gasteiger partial charge in [-0.1, -0.05) is 51.7 Å². The van der Waals surface area contributed by atoms with Crippen molar-refractivity contribution in [2.45, 2.75) is 58.8 Å². The normalized spacial score (nSPS) is 11.1. The maximum Gasteiger partial charge on any atom is -0.0351 e. The summed E-state index contributed by atoms with van der Waals surface area (Å²) in [7, 11) is 0. The summed E-state index contributed by atoms with van der Waals surface area (Å²) in [6, 6.07) is 0. The predicted octanol–water partition coefficient (Wildman–Crippen LogP) is 4.31. The first-order valence-corrected chi connectivity index (χ1v) is 5.06. The quantitative estimate of drug-likeness (QED) is 0.378. The Hall–Kier alpha value is -0.260. The van der Waals surface area contributed by atoms with Crippen LogP contribution in [0, 0.1) is 0 Å². The Balaban J connectivity index is 2.89. The molecule has 0 aromatic rings. The van der Waals surface area contributed by atoms with Gasteiger partial charge in [0.2, 0.25) is 0 Å². The molecule has 0 heteroatoms. The van der Waals surface area contributed by atoms with E-state index in [-0.39, 0.29) is 0 Å². The average molecular weight is 154 g/mol. The van der Waals surface area contributed by atoms with Gasteiger partial charge in [0.05, 0.1) is 0 Å². The minimum atomic E-state index is 1.26. The molecule has 0 N–H and O–H groups in total. The van der Waals surface area contributed by atoms with Crippen LogP contribution in [0.5, 0.6) is 0 Å². The van der Waals surface area contributed by atoms with Crippen molar-refractivity contribution in [3.63, 3.8) is 0 Å². The Labute approximate surface area is 71.7 Å². The SMILES string of the molecule is CCC/C=C/CCCCCC. The first-order chi connectivity index (χ1) is 5.41. The Morgan fingerprint density at radius 1 is 0.727 bits per heavy atom. The first-order valence-electron chi connectivity index (χ1n) is 5.06. The summed E-state index contributed by atoms with van der Waals surface area (Å²) in [6.45, 7) is 4.48. The second kappa shape index (κ2) is 9.74. The van der Waals surface area contributed by atoms with Crippen LogP contribution in [0.2, 0.25) is 0 Å². The molecule has 66 valence electrons. The van der Waals surface area contributed by atoms with Crippen LogP contribution in [-0.4, -0.2) is 0 Å². The second-order valence-electron chi connectivity index (χ2n) is 3.11. The lowest BCUT2D eigenvalue weighted by atomic mass is 10.1. The zero-order chi connectivity index (χ0) is 8.36. The van der Waals surface area contributed by atoms with Gasteiger partial charge in [0, 0.05) is 0 Å². The van der Waals surface area contributed by atoms with E-state index in [0.717, 1.165) is 0 Å². The van der Waals surface area contributed by atoms with Crippen LogP contribution in [-0.2, 0) is 0 Å². The summed E-state index contributed by atoms with van der Waals surface area (Å²) in [5.41, 5.74) is 0. The fourth-order valence-corrected chi connectivity index (χ4v) is 1.09. The highest BCUT2D eigenvalue weighted by molar-refractivity contribution is 4.80. The molecule has 0 bridgehead atoms. The molecule has 0 aliphatic rings. The van der Waals surface area contributed by atoms with Gasteiger partial charge in [0.15, 0.2) is 0 Å². The standard InChI is InChI=1S/C11H22/c1-3-5-7-9-11-10-8-6-4-2/h7,9H,3-6,8,10-11H2,1-2H3/b9-7+. The third kappa shape index (κ3) is 9.74. The predicted molar refractivity (Wildman–Crippen MR) is 52.8 cm³/mol. The summed E-state index contributed by atoms with van der Waals surface area (Å²) >= 11 is 0. The Bertz CT molecular complexity index is 82.0. The van der Waals surface area contributed by atoms with Gasteiger partial charge in [0.1, 0.15) is 0 Å². The summed E-state index contributed by atoms with van der Waals surface area (Å²) in [4.78, 5) is 0. The van der Waals surface area contributed by atoms with Crippen molar-refractivity contribution < 1.29 is 0 Å². The van der Waals surface area contributed by atoms with Crippen molar-refractivity contribution in [3.05, 3.63) is 12.2 Å². The number of allylic oxidation sites excluding steroid dienone is 2. The lowest BCUT2D eigenvalue weighted by Gasteiger charge is -1.93. The van der Waals surface area contributed by atoms with Crippen molar-refractivity contribution in [1.29, 1.82) is 0 Å². The van der Waals surface area contributed by atoms with E-state index in [2.05, 4.69) is 26.0 Å². The maximum absolute atomic E-state index is 2.33. The van der Waals surface area contributed by atoms with Crippen molar-refractivity contribution in [1.82, 2.24) is 0 Å². The Morgan fingerprint density at radius 2 is 1.45 bits per heavy atom. The molecule has 0 heterocycles. The van der Waals surface area contributed by atoms with Crippen molar-refractivity contribution in [3.8, 4) is 0 Å². The van der Waals surface area contributed by atoms with Gasteiger partial charge in [-0.3, -0.25) is 0 Å². The van der Waals surface area contributed by atoms with Gasteiger partial charge < -0.3 is 0 Å². The molecule has 0 rings (SSSR count). The van der Waals surface area contributed by atoms with Crippen LogP contribution in [0.3, 0.4) is 0 Å². The average Bonchev–Trinajstić information content (AvgIpc) is 2.03. The molecule has 0 aliphatic carbocycles. The molecule has 0 spiro atoms. The van der Waals surface area contributed by atoms with Crippen LogP contribution in [0.4, 0.5) is 0 Å². The molecule has 0 saturated carbocycles. The maximum atomic E-state index is 2.33. The number of rotatable bonds is 7. The summed E-state index contributed by atoms with van der Waals surface area (Å²) < 4.78 is 0. The minimum Gasteiger partial charge on any atom is -0.0885 e. The molecular weight excluding hydrogens is 132 g/mol. The number of unbranched alkanes of at least 4 members (excludes halogenated alkanes) is 5. The molecular formula is C11H22. The van der Waals surface area contributed by atoms with Crippen LogP contribution in [0.25, 0.3) is 0 Å². The summed E-state index contributed by atoms with van der Waals surface area (Å²) in [5.74, 6) is 0. The van der Waals surface area contributed by atoms with E-state index in [9.17, 15) is 0 Å². The fourth-order valence-electron chi connectivity index (χ4n) is 1.09. The van der Waals surface area contributed by atoms with Gasteiger partial charge in [-0.15, -0.1) is 0 Å². The van der Waals surface area contributed by atoms with Gasteiger partial charge >= 0.3 is 0 Å². The lowest BCUT2D eigenvalue weighted by molar-refractivity contribution is 0.673. The summed E-state index contributed by atoms with van der Waals surface area (Å²) in [6.07, 6.45) is 14.0. The fraction of sp³-hybridized carbons (Fsp3) is 0.818. The zero-order valence-electron chi connectivity index (χ0n) is 8.10. The monoisotopic (exact) mass is 154 g/mol. The van der Waals surface area contributed by atoms with E-state index < -0.39 is 0 Å². The van der Waals surface area contributed by atoms with E-state index in [4.69, 9.17) is 0 Å². The molecule has 0 atom stereocenters. The topological polar surface area (TPSA) is 0 Å². The van der Waals surface area contributed by atoms with Crippen LogP contribution < -0.4 is 0 Å². The van der Waals surface area contributed by atoms with Crippen molar-refractivity contribution >= 4 is 0 Å². The highest BCUT2D eigenvalue weighted by Gasteiger charge is 1.83. The first kappa shape index (κ1) is 10.7. The van der Waals surface area contributed by atoms with E-state index in [1.807, 2.05) is 0 Å². The van der Waals surface area contributed by atoms with Gasteiger partial charge in [-0.05, 0) is 19.3 Å². The molecule has 0 radical (unpaired) electrons. The number of hydrogen-bond acceptors (Lipinski definition) is 0. The lowest BCUT2D eigenvalue weighted by Crippen LogP contribution is -1.73. The molecule has 0 aromatic heterocycles. The van der Waals surface area contributed by atoms with Crippen molar-refractivity contribution in [2.75, 3.05) is 0 Å². The van der Waals surface area contributed by atoms with Gasteiger partial charge in [0.25, 0.3) is 0 Å². The third-order valence-electron chi connectivity index (χ3n) is 1.85. The van der Waals surface area contributed by atoms with Crippen LogP contribution >= 0.6 is 0 Å². The number of hydrogen-bond donors (Lipinski definition) is 0. The van der Waals surface area contributed by atoms with Crippen LogP contribution in [0.15, 0.2) is 12.2 Å². The minimum absolute atomic E-state index is 1.26. The zero-order valence-corrected chi connectivity index (χ0v) is 8.10. The molecule has 0 saturated heterocycles. The van der Waals surface area contributed by atoms with Gasteiger partial charge in [-0.25, -0.2) is 0 Å². The Morgan fingerprint density at radius 3 is 2.09 bits per heavy atom. The molecule has 0 aromatic carbocycles. The van der Waals surface area contributed by atoms with Crippen LogP contribution in [0.1, 0.15) is 58.8 Å². The second-order valence-corrected chi connectivity index (χ2v) is 3.11. The highest BCUT2D eigenvalue weighted by Crippen LogP contribution is 2.03. The highest BCUT2D eigenvalue weighted by atomic mass is 13.9. The molecule has 0 aliphatic heterocycles. The third-order valence-corrected chi connectivity index (χ3v) is 1.85. The van der Waals surface area contributed by atoms with Gasteiger partial charge in [-0.2, -0.15) is 0 Å². The van der Waals surface area contributed by atoms with E-state index >= 15 is 0 Å².